The molecule has 2 aliphatic heterocycles. The Balaban J connectivity index is 1.74. The average Bonchev–Trinajstić information content (AvgIpc) is 2.86. The summed E-state index contributed by atoms with van der Waals surface area (Å²) in [6, 6.07) is 8.98. The minimum atomic E-state index is -0.754. The van der Waals surface area contributed by atoms with E-state index in [1.54, 1.807) is 24.3 Å². The van der Waals surface area contributed by atoms with Crippen LogP contribution in [0.5, 0.6) is 0 Å². The lowest BCUT2D eigenvalue weighted by Crippen LogP contribution is -2.57. The molecule has 7 nitrogen and oxygen atoms in total. The Labute approximate surface area is 153 Å². The fourth-order valence-electron chi connectivity index (χ4n) is 3.83. The molecule has 1 aromatic rings. The number of carbonyl (C=O) groups excluding carboxylic acids is 1. The van der Waals surface area contributed by atoms with Gasteiger partial charge in [-0.25, -0.2) is 0 Å². The zero-order chi connectivity index (χ0) is 18.7. The number of carboxylic acid groups (broad SMARTS) is 1. The number of carbonyl (C=O) groups is 2. The molecular formula is C19H24N4O3. The third-order valence-corrected chi connectivity index (χ3v) is 5.33. The van der Waals surface area contributed by atoms with Crippen LogP contribution in [0.3, 0.4) is 0 Å². The van der Waals surface area contributed by atoms with Crippen molar-refractivity contribution in [2.24, 2.45) is 5.92 Å². The molecule has 1 aromatic carbocycles. The Kier molecular flexibility index (Phi) is 5.55. The Hall–Kier alpha value is -2.43. The molecule has 26 heavy (non-hydrogen) atoms. The number of aliphatic carboxylic acids is 1. The number of piperazine rings is 1. The Morgan fingerprint density at radius 2 is 2.04 bits per heavy atom. The summed E-state index contributed by atoms with van der Waals surface area (Å²) in [5, 5.41) is 18.5. The van der Waals surface area contributed by atoms with Crippen molar-refractivity contribution < 1.29 is 14.7 Å². The predicted molar refractivity (Wildman–Crippen MR) is 95.7 cm³/mol. The molecule has 0 radical (unpaired) electrons. The lowest BCUT2D eigenvalue weighted by Gasteiger charge is -2.41. The molecule has 2 atom stereocenters. The van der Waals surface area contributed by atoms with Crippen LogP contribution in [0, 0.1) is 17.2 Å². The lowest BCUT2D eigenvalue weighted by atomic mass is 10.1. The van der Waals surface area contributed by atoms with Crippen LogP contribution in [0.1, 0.15) is 22.8 Å². The van der Waals surface area contributed by atoms with Crippen LogP contribution < -0.4 is 0 Å². The van der Waals surface area contributed by atoms with Gasteiger partial charge >= 0.3 is 5.97 Å². The summed E-state index contributed by atoms with van der Waals surface area (Å²) in [5.41, 5.74) is 1.01. The van der Waals surface area contributed by atoms with Gasteiger partial charge in [-0.15, -0.1) is 0 Å². The van der Waals surface area contributed by atoms with E-state index >= 15 is 0 Å². The highest BCUT2D eigenvalue weighted by atomic mass is 16.4. The molecule has 2 aliphatic rings. The zero-order valence-corrected chi connectivity index (χ0v) is 15.0. The molecule has 2 fully saturated rings. The number of nitriles is 1. The first-order chi connectivity index (χ1) is 12.5. The molecule has 0 aliphatic carbocycles. The fourth-order valence-corrected chi connectivity index (χ4v) is 3.83. The first-order valence-electron chi connectivity index (χ1n) is 9.00. The smallest absolute Gasteiger partial charge is 0.309 e. The fraction of sp³-hybridized carbons (Fsp3) is 0.526. The van der Waals surface area contributed by atoms with E-state index in [1.807, 2.05) is 11.8 Å². The maximum atomic E-state index is 12.8. The highest BCUT2D eigenvalue weighted by molar-refractivity contribution is 5.94. The van der Waals surface area contributed by atoms with Gasteiger partial charge in [0.15, 0.2) is 0 Å². The summed E-state index contributed by atoms with van der Waals surface area (Å²) < 4.78 is 0. The third-order valence-electron chi connectivity index (χ3n) is 5.33. The maximum Gasteiger partial charge on any atom is 0.309 e. The SMILES string of the molecule is CCN1C[C@@H](C(=O)O)CN2CCN(C(=O)c3cccc(C#N)c3)C[C@H]2C1. The van der Waals surface area contributed by atoms with Gasteiger partial charge in [-0.2, -0.15) is 5.26 Å². The standard InChI is InChI=1S/C19H24N4O3/c1-2-21-10-16(19(25)26)11-22-6-7-23(13-17(22)12-21)18(24)15-5-3-4-14(8-15)9-20/h3-5,8,16-17H,2,6-7,10-13H2,1H3,(H,25,26)/t16-,17-/m1/s1. The van der Waals surface area contributed by atoms with Crippen molar-refractivity contribution >= 4 is 11.9 Å². The molecule has 138 valence electrons. The summed E-state index contributed by atoms with van der Waals surface area (Å²) >= 11 is 0. The third kappa shape index (κ3) is 3.87. The van der Waals surface area contributed by atoms with Gasteiger partial charge in [0.2, 0.25) is 0 Å². The van der Waals surface area contributed by atoms with Crippen molar-refractivity contribution in [1.29, 1.82) is 5.26 Å². The first kappa shape index (κ1) is 18.4. The molecule has 7 heteroatoms. The molecule has 1 N–H and O–H groups in total. The van der Waals surface area contributed by atoms with E-state index < -0.39 is 11.9 Å². The second-order valence-corrected chi connectivity index (χ2v) is 6.98. The number of hydrogen-bond donors (Lipinski definition) is 1. The highest BCUT2D eigenvalue weighted by Crippen LogP contribution is 2.20. The topological polar surface area (TPSA) is 87.9 Å². The molecular weight excluding hydrogens is 332 g/mol. The van der Waals surface area contributed by atoms with E-state index in [9.17, 15) is 14.7 Å². The summed E-state index contributed by atoms with van der Waals surface area (Å²) in [7, 11) is 0. The zero-order valence-electron chi connectivity index (χ0n) is 15.0. The van der Waals surface area contributed by atoms with Crippen molar-refractivity contribution in [3.63, 3.8) is 0 Å². The van der Waals surface area contributed by atoms with E-state index in [2.05, 4.69) is 15.9 Å². The number of carboxylic acids is 1. The highest BCUT2D eigenvalue weighted by Gasteiger charge is 2.37. The second kappa shape index (κ2) is 7.85. The summed E-state index contributed by atoms with van der Waals surface area (Å²) in [6.07, 6.45) is 0. The number of nitrogens with zero attached hydrogens (tertiary/aromatic N) is 4. The molecule has 0 saturated carbocycles. The van der Waals surface area contributed by atoms with Crippen molar-refractivity contribution in [3.8, 4) is 6.07 Å². The first-order valence-corrected chi connectivity index (χ1v) is 9.00. The molecule has 1 amide bonds. The Morgan fingerprint density at radius 3 is 2.73 bits per heavy atom. The van der Waals surface area contributed by atoms with Crippen LogP contribution in [0.25, 0.3) is 0 Å². The van der Waals surface area contributed by atoms with Gasteiger partial charge in [0.1, 0.15) is 0 Å². The lowest BCUT2D eigenvalue weighted by molar-refractivity contribution is -0.142. The van der Waals surface area contributed by atoms with Crippen molar-refractivity contribution in [2.75, 3.05) is 45.8 Å². The molecule has 2 saturated heterocycles. The van der Waals surface area contributed by atoms with E-state index in [1.165, 1.54) is 0 Å². The number of amides is 1. The van der Waals surface area contributed by atoms with Gasteiger partial charge in [0, 0.05) is 50.9 Å². The number of hydrogen-bond acceptors (Lipinski definition) is 5. The van der Waals surface area contributed by atoms with E-state index in [4.69, 9.17) is 5.26 Å². The largest absolute Gasteiger partial charge is 0.481 e. The number of benzene rings is 1. The average molecular weight is 356 g/mol. The van der Waals surface area contributed by atoms with Crippen LogP contribution in [-0.2, 0) is 4.79 Å². The number of rotatable bonds is 3. The van der Waals surface area contributed by atoms with Crippen LogP contribution >= 0.6 is 0 Å². The van der Waals surface area contributed by atoms with Crippen molar-refractivity contribution in [2.45, 2.75) is 13.0 Å². The minimum absolute atomic E-state index is 0.0659. The number of fused-ring (bicyclic) bond motifs is 1. The molecule has 0 unspecified atom stereocenters. The van der Waals surface area contributed by atoms with E-state index in [-0.39, 0.29) is 11.9 Å². The van der Waals surface area contributed by atoms with Crippen LogP contribution in [0.4, 0.5) is 0 Å². The summed E-state index contributed by atoms with van der Waals surface area (Å²) in [4.78, 5) is 30.6. The monoisotopic (exact) mass is 356 g/mol. The second-order valence-electron chi connectivity index (χ2n) is 6.98. The molecule has 0 bridgehead atoms. The van der Waals surface area contributed by atoms with Crippen LogP contribution in [0.15, 0.2) is 24.3 Å². The van der Waals surface area contributed by atoms with Gasteiger partial charge in [-0.1, -0.05) is 13.0 Å². The van der Waals surface area contributed by atoms with Gasteiger partial charge < -0.3 is 14.9 Å². The maximum absolute atomic E-state index is 12.8. The molecule has 0 spiro atoms. The van der Waals surface area contributed by atoms with E-state index in [0.29, 0.717) is 43.9 Å². The summed E-state index contributed by atoms with van der Waals surface area (Å²) in [6.45, 7) is 6.51. The number of likely N-dealkylation sites (N-methyl/N-ethyl adjacent to an activating group) is 1. The van der Waals surface area contributed by atoms with Crippen molar-refractivity contribution in [1.82, 2.24) is 14.7 Å². The van der Waals surface area contributed by atoms with Gasteiger partial charge in [-0.3, -0.25) is 14.5 Å². The van der Waals surface area contributed by atoms with Gasteiger partial charge in [0.25, 0.3) is 5.91 Å². The van der Waals surface area contributed by atoms with Gasteiger partial charge in [-0.05, 0) is 24.7 Å². The van der Waals surface area contributed by atoms with Crippen LogP contribution in [0.2, 0.25) is 0 Å². The normalized spacial score (nSPS) is 24.4. The van der Waals surface area contributed by atoms with Gasteiger partial charge in [0.05, 0.1) is 17.6 Å². The molecule has 3 rings (SSSR count). The van der Waals surface area contributed by atoms with Crippen LogP contribution in [-0.4, -0.2) is 83.5 Å². The summed E-state index contributed by atoms with van der Waals surface area (Å²) in [5.74, 6) is -1.21. The quantitative estimate of drug-likeness (QED) is 0.859. The molecule has 0 aromatic heterocycles. The Bertz CT molecular complexity index is 730. The minimum Gasteiger partial charge on any atom is -0.481 e. The molecule has 2 heterocycles. The van der Waals surface area contributed by atoms with E-state index in [0.717, 1.165) is 13.1 Å². The Morgan fingerprint density at radius 1 is 1.23 bits per heavy atom. The van der Waals surface area contributed by atoms with Crippen molar-refractivity contribution in [3.05, 3.63) is 35.4 Å². The predicted octanol–water partition coefficient (Wildman–Crippen LogP) is 0.721.